The molecule has 0 radical (unpaired) electrons. The van der Waals surface area contributed by atoms with Crippen molar-refractivity contribution in [3.05, 3.63) is 53.5 Å². The largest absolute Gasteiger partial charge is 0.416 e. The van der Waals surface area contributed by atoms with E-state index in [0.717, 1.165) is 13.1 Å². The van der Waals surface area contributed by atoms with E-state index in [1.165, 1.54) is 18.3 Å². The average molecular weight is 562 g/mol. The van der Waals surface area contributed by atoms with Gasteiger partial charge in [-0.25, -0.2) is 14.2 Å². The lowest BCUT2D eigenvalue weighted by molar-refractivity contribution is -0.137. The number of hydrogen-bond acceptors (Lipinski definition) is 8. The van der Waals surface area contributed by atoms with Crippen LogP contribution in [-0.4, -0.2) is 76.6 Å². The number of halogens is 4. The topological polar surface area (TPSA) is 150 Å². The molecule has 3 aromatic heterocycles. The predicted octanol–water partition coefficient (Wildman–Crippen LogP) is 3.48. The van der Waals surface area contributed by atoms with Crippen LogP contribution >= 0.6 is 0 Å². The van der Waals surface area contributed by atoms with Gasteiger partial charge in [0.15, 0.2) is 5.65 Å². The molecule has 1 aromatic carbocycles. The van der Waals surface area contributed by atoms with E-state index in [2.05, 4.69) is 35.9 Å². The van der Waals surface area contributed by atoms with Gasteiger partial charge in [0, 0.05) is 32.2 Å². The molecule has 0 unspecified atom stereocenters. The molecule has 4 N–H and O–H groups in total. The highest BCUT2D eigenvalue weighted by molar-refractivity contribution is 6.06. The van der Waals surface area contributed by atoms with Gasteiger partial charge in [-0.1, -0.05) is 5.16 Å². The number of amides is 3. The molecule has 4 aromatic rings. The lowest BCUT2D eigenvalue weighted by Crippen LogP contribution is -2.41. The van der Waals surface area contributed by atoms with Gasteiger partial charge < -0.3 is 19.9 Å². The van der Waals surface area contributed by atoms with Crippen LogP contribution in [0.1, 0.15) is 15.9 Å². The Hall–Kier alpha value is -4.57. The fourth-order valence-electron chi connectivity index (χ4n) is 4.01. The van der Waals surface area contributed by atoms with E-state index in [9.17, 15) is 27.2 Å². The minimum absolute atomic E-state index is 0.138. The standard InChI is InChI=1S/C24H22F4N8O4/c25-16-2-1-13(24(26,27)28)9-17(16)32-23(38)33-20-11-19(35-40-20)18-10-14(15-12-30-34-21(15)31-18)22(37)29-3-4-36-5-7-39-8-6-36/h1-2,9-12H,3-8H2,(H,29,37)(H,30,31,34)(H2,32,33,38). The van der Waals surface area contributed by atoms with E-state index < -0.39 is 29.3 Å². The van der Waals surface area contributed by atoms with Crippen LogP contribution in [0.3, 0.4) is 0 Å². The Bertz CT molecular complexity index is 1530. The van der Waals surface area contributed by atoms with Gasteiger partial charge in [0.05, 0.1) is 47.3 Å². The molecular weight excluding hydrogens is 540 g/mol. The minimum atomic E-state index is -4.72. The summed E-state index contributed by atoms with van der Waals surface area (Å²) >= 11 is 0. The molecule has 0 bridgehead atoms. The summed E-state index contributed by atoms with van der Waals surface area (Å²) in [6, 6.07) is 3.33. The Kier molecular flexibility index (Phi) is 7.61. The van der Waals surface area contributed by atoms with E-state index in [1.807, 2.05) is 5.32 Å². The van der Waals surface area contributed by atoms with Crippen LogP contribution in [0.25, 0.3) is 22.4 Å². The van der Waals surface area contributed by atoms with Crippen molar-refractivity contribution in [2.45, 2.75) is 6.18 Å². The molecule has 210 valence electrons. The molecule has 0 spiro atoms. The summed E-state index contributed by atoms with van der Waals surface area (Å²) < 4.78 is 63.1. The van der Waals surface area contributed by atoms with Crippen molar-refractivity contribution in [3.63, 3.8) is 0 Å². The zero-order chi connectivity index (χ0) is 28.3. The lowest BCUT2D eigenvalue weighted by Gasteiger charge is -2.26. The van der Waals surface area contributed by atoms with E-state index in [4.69, 9.17) is 9.26 Å². The highest BCUT2D eigenvalue weighted by Crippen LogP contribution is 2.32. The molecule has 4 heterocycles. The zero-order valence-corrected chi connectivity index (χ0v) is 20.6. The maximum absolute atomic E-state index is 14.0. The number of pyridine rings is 1. The van der Waals surface area contributed by atoms with Crippen LogP contribution in [0.4, 0.5) is 33.9 Å². The third-order valence-electron chi connectivity index (χ3n) is 6.04. The molecule has 1 aliphatic heterocycles. The third kappa shape index (κ3) is 6.18. The van der Waals surface area contributed by atoms with Gasteiger partial charge in [-0.2, -0.15) is 18.3 Å². The number of carbonyl (C=O) groups is 2. The van der Waals surface area contributed by atoms with E-state index in [1.54, 1.807) is 0 Å². The summed E-state index contributed by atoms with van der Waals surface area (Å²) in [5.74, 6) is -1.62. The molecule has 3 amide bonds. The second-order valence-corrected chi connectivity index (χ2v) is 8.75. The lowest BCUT2D eigenvalue weighted by atomic mass is 10.1. The van der Waals surface area contributed by atoms with Crippen LogP contribution in [0, 0.1) is 5.82 Å². The zero-order valence-electron chi connectivity index (χ0n) is 20.6. The normalized spacial score (nSPS) is 14.3. The summed E-state index contributed by atoms with van der Waals surface area (Å²) in [5.41, 5.74) is -0.859. The summed E-state index contributed by atoms with van der Waals surface area (Å²) in [6.07, 6.45) is -3.25. The van der Waals surface area contributed by atoms with Gasteiger partial charge in [0.1, 0.15) is 11.5 Å². The second-order valence-electron chi connectivity index (χ2n) is 8.75. The van der Waals surface area contributed by atoms with Gasteiger partial charge in [-0.3, -0.25) is 20.1 Å². The summed E-state index contributed by atoms with van der Waals surface area (Å²) in [7, 11) is 0. The minimum Gasteiger partial charge on any atom is -0.379 e. The van der Waals surface area contributed by atoms with Crippen molar-refractivity contribution in [1.29, 1.82) is 0 Å². The molecular formula is C24H22F4N8O4. The molecule has 40 heavy (non-hydrogen) atoms. The highest BCUT2D eigenvalue weighted by atomic mass is 19.4. The second kappa shape index (κ2) is 11.3. The molecule has 1 aliphatic rings. The van der Waals surface area contributed by atoms with Gasteiger partial charge in [0.2, 0.25) is 5.88 Å². The SMILES string of the molecule is O=C(Nc1cc(-c2cc(C(=O)NCCN3CCOCC3)c3cn[nH]c3n2)no1)Nc1cc(C(F)(F)F)ccc1F. The molecule has 1 saturated heterocycles. The number of urea groups is 1. The molecule has 16 heteroatoms. The first kappa shape index (κ1) is 27.0. The molecule has 0 atom stereocenters. The fraction of sp³-hybridized carbons (Fsp3) is 0.292. The number of nitrogens with one attached hydrogen (secondary N) is 4. The number of fused-ring (bicyclic) bond motifs is 1. The summed E-state index contributed by atoms with van der Waals surface area (Å²) in [5, 5.41) is 18.1. The van der Waals surface area contributed by atoms with Crippen LogP contribution in [-0.2, 0) is 10.9 Å². The van der Waals surface area contributed by atoms with Crippen LogP contribution < -0.4 is 16.0 Å². The number of rotatable bonds is 7. The molecule has 12 nitrogen and oxygen atoms in total. The number of H-pyrrole nitrogens is 1. The smallest absolute Gasteiger partial charge is 0.379 e. The maximum Gasteiger partial charge on any atom is 0.416 e. The predicted molar refractivity (Wildman–Crippen MR) is 133 cm³/mol. The Balaban J connectivity index is 1.27. The Morgan fingerprint density at radius 1 is 1.07 bits per heavy atom. The monoisotopic (exact) mass is 562 g/mol. The van der Waals surface area contributed by atoms with Crippen molar-refractivity contribution in [1.82, 2.24) is 30.6 Å². The van der Waals surface area contributed by atoms with Crippen molar-refractivity contribution in [2.24, 2.45) is 0 Å². The van der Waals surface area contributed by atoms with E-state index in [0.29, 0.717) is 55.5 Å². The highest BCUT2D eigenvalue weighted by Gasteiger charge is 2.31. The van der Waals surface area contributed by atoms with Crippen molar-refractivity contribution in [3.8, 4) is 11.4 Å². The Morgan fingerprint density at radius 3 is 2.65 bits per heavy atom. The van der Waals surface area contributed by atoms with Crippen LogP contribution in [0.5, 0.6) is 0 Å². The first-order chi connectivity index (χ1) is 19.2. The number of benzene rings is 1. The van der Waals surface area contributed by atoms with Gasteiger partial charge in [-0.15, -0.1) is 0 Å². The van der Waals surface area contributed by atoms with Gasteiger partial charge in [0.25, 0.3) is 5.91 Å². The molecule has 0 saturated carbocycles. The van der Waals surface area contributed by atoms with Crippen LogP contribution in [0.15, 0.2) is 41.1 Å². The van der Waals surface area contributed by atoms with Crippen molar-refractivity contribution >= 4 is 34.5 Å². The summed E-state index contributed by atoms with van der Waals surface area (Å²) in [4.78, 5) is 31.8. The van der Waals surface area contributed by atoms with E-state index >= 15 is 0 Å². The number of morpholine rings is 1. The van der Waals surface area contributed by atoms with Gasteiger partial charge in [-0.05, 0) is 24.3 Å². The number of hydrogen-bond donors (Lipinski definition) is 4. The molecule has 5 rings (SSSR count). The number of anilines is 2. The number of aromatic nitrogens is 4. The Labute approximate surface area is 223 Å². The van der Waals surface area contributed by atoms with Crippen molar-refractivity contribution in [2.75, 3.05) is 50.0 Å². The number of carbonyl (C=O) groups excluding carboxylic acids is 2. The number of aromatic amines is 1. The molecule has 0 aliphatic carbocycles. The Morgan fingerprint density at radius 2 is 1.88 bits per heavy atom. The first-order valence-corrected chi connectivity index (χ1v) is 12.0. The van der Waals surface area contributed by atoms with E-state index in [-0.39, 0.29) is 28.7 Å². The third-order valence-corrected chi connectivity index (χ3v) is 6.04. The van der Waals surface area contributed by atoms with Crippen LogP contribution in [0.2, 0.25) is 0 Å². The first-order valence-electron chi connectivity index (χ1n) is 12.0. The number of nitrogens with zero attached hydrogens (tertiary/aromatic N) is 4. The van der Waals surface area contributed by atoms with Gasteiger partial charge >= 0.3 is 12.2 Å². The number of ether oxygens (including phenoxy) is 1. The maximum atomic E-state index is 14.0. The average Bonchev–Trinajstić information content (AvgIpc) is 3.59. The fourth-order valence-corrected chi connectivity index (χ4v) is 4.01. The quantitative estimate of drug-likeness (QED) is 0.250. The summed E-state index contributed by atoms with van der Waals surface area (Å²) in [6.45, 7) is 3.94. The molecule has 1 fully saturated rings. The number of alkyl halides is 3. The van der Waals surface area contributed by atoms with Crippen molar-refractivity contribution < 1.29 is 36.4 Å².